The number of ether oxygens (including phenoxy) is 1. The molecule has 2 aromatic carbocycles. The number of amides is 1. The van der Waals surface area contributed by atoms with Crippen LogP contribution in [0.4, 0.5) is 5.69 Å². The van der Waals surface area contributed by atoms with E-state index in [0.717, 1.165) is 5.75 Å². The van der Waals surface area contributed by atoms with Gasteiger partial charge in [0.1, 0.15) is 11.5 Å². The lowest BCUT2D eigenvalue weighted by molar-refractivity contribution is -0.121. The predicted molar refractivity (Wildman–Crippen MR) is 72.6 cm³/mol. The van der Waals surface area contributed by atoms with Crippen LogP contribution in [0.3, 0.4) is 0 Å². The summed E-state index contributed by atoms with van der Waals surface area (Å²) in [6, 6.07) is 14.3. The summed E-state index contributed by atoms with van der Waals surface area (Å²) in [6.07, 6.45) is 0. The molecular weight excluding hydrogens is 242 g/mol. The highest BCUT2D eigenvalue weighted by Gasteiger charge is 2.07. The van der Waals surface area contributed by atoms with Gasteiger partial charge in [-0.25, -0.2) is 0 Å². The predicted octanol–water partition coefficient (Wildman–Crippen LogP) is 3.53. The third-order valence-electron chi connectivity index (χ3n) is 2.64. The molecule has 0 aliphatic heterocycles. The van der Waals surface area contributed by atoms with E-state index in [2.05, 4.69) is 0 Å². The number of nitrogens with zero attached hydrogens (tertiary/aromatic N) is 1. The third-order valence-corrected chi connectivity index (χ3v) is 2.64. The number of carbonyl (C=O) groups is 1. The van der Waals surface area contributed by atoms with Crippen LogP contribution in [0.25, 0.3) is 0 Å². The first kappa shape index (κ1) is 13.1. The van der Waals surface area contributed by atoms with Gasteiger partial charge in [0.2, 0.25) is 5.91 Å². The minimum absolute atomic E-state index is 0.406. The zero-order chi connectivity index (χ0) is 13.8. The number of rotatable bonds is 3. The zero-order valence-electron chi connectivity index (χ0n) is 10.8. The Morgan fingerprint density at radius 2 is 1.47 bits per heavy atom. The van der Waals surface area contributed by atoms with Crippen molar-refractivity contribution in [3.63, 3.8) is 0 Å². The molecule has 0 radical (unpaired) electrons. The molecule has 0 saturated carbocycles. The van der Waals surface area contributed by atoms with Crippen molar-refractivity contribution in [2.75, 3.05) is 5.06 Å². The zero-order valence-corrected chi connectivity index (χ0v) is 10.8. The van der Waals surface area contributed by atoms with Crippen LogP contribution in [0, 0.1) is 6.92 Å². The summed E-state index contributed by atoms with van der Waals surface area (Å²) < 4.78 is 5.64. The topological polar surface area (TPSA) is 49.8 Å². The van der Waals surface area contributed by atoms with Crippen LogP contribution >= 0.6 is 0 Å². The van der Waals surface area contributed by atoms with E-state index in [1.807, 2.05) is 31.2 Å². The minimum atomic E-state index is -0.438. The number of hydrogen-bond acceptors (Lipinski definition) is 3. The minimum Gasteiger partial charge on any atom is -0.457 e. The maximum absolute atomic E-state index is 11.0. The van der Waals surface area contributed by atoms with Gasteiger partial charge in [0, 0.05) is 6.92 Å². The summed E-state index contributed by atoms with van der Waals surface area (Å²) >= 11 is 0. The van der Waals surface area contributed by atoms with Crippen molar-refractivity contribution in [3.8, 4) is 11.5 Å². The van der Waals surface area contributed by atoms with Gasteiger partial charge in [0.05, 0.1) is 5.69 Å². The number of carbonyl (C=O) groups excluding carboxylic acids is 1. The molecule has 0 unspecified atom stereocenters. The molecule has 0 aromatic heterocycles. The second-order valence-electron chi connectivity index (χ2n) is 4.24. The van der Waals surface area contributed by atoms with Gasteiger partial charge in [0.15, 0.2) is 0 Å². The van der Waals surface area contributed by atoms with E-state index in [-0.39, 0.29) is 0 Å². The molecule has 0 fully saturated rings. The lowest BCUT2D eigenvalue weighted by atomic mass is 10.2. The molecule has 0 aliphatic carbocycles. The fourth-order valence-corrected chi connectivity index (χ4v) is 1.58. The summed E-state index contributed by atoms with van der Waals surface area (Å²) in [5.74, 6) is 0.947. The number of hydrogen-bond donors (Lipinski definition) is 1. The van der Waals surface area contributed by atoms with E-state index in [1.165, 1.54) is 12.5 Å². The van der Waals surface area contributed by atoms with E-state index < -0.39 is 5.91 Å². The van der Waals surface area contributed by atoms with Crippen molar-refractivity contribution < 1.29 is 14.7 Å². The smallest absolute Gasteiger partial charge is 0.247 e. The van der Waals surface area contributed by atoms with Gasteiger partial charge >= 0.3 is 0 Å². The fraction of sp³-hybridized carbons (Fsp3) is 0.133. The summed E-state index contributed by atoms with van der Waals surface area (Å²) in [5.41, 5.74) is 1.57. The van der Waals surface area contributed by atoms with E-state index in [0.29, 0.717) is 16.5 Å². The van der Waals surface area contributed by atoms with Crippen LogP contribution < -0.4 is 9.80 Å². The number of hydroxylamine groups is 1. The maximum atomic E-state index is 11.0. The van der Waals surface area contributed by atoms with Crippen molar-refractivity contribution >= 4 is 11.6 Å². The highest BCUT2D eigenvalue weighted by atomic mass is 16.5. The molecular formula is C15H15NO3. The molecule has 98 valence electrons. The van der Waals surface area contributed by atoms with Crippen LogP contribution in [-0.4, -0.2) is 11.1 Å². The Labute approximate surface area is 111 Å². The van der Waals surface area contributed by atoms with E-state index in [1.54, 1.807) is 24.3 Å². The third kappa shape index (κ3) is 3.33. The molecule has 0 atom stereocenters. The Morgan fingerprint density at radius 1 is 1.00 bits per heavy atom. The highest BCUT2D eigenvalue weighted by Crippen LogP contribution is 2.24. The van der Waals surface area contributed by atoms with E-state index >= 15 is 0 Å². The number of aryl methyl sites for hydroxylation is 1. The average Bonchev–Trinajstić information content (AvgIpc) is 2.41. The van der Waals surface area contributed by atoms with Crippen molar-refractivity contribution in [1.82, 2.24) is 0 Å². The Bertz CT molecular complexity index is 561. The molecule has 0 aliphatic rings. The molecule has 4 heteroatoms. The van der Waals surface area contributed by atoms with Crippen LogP contribution in [0.5, 0.6) is 11.5 Å². The van der Waals surface area contributed by atoms with Gasteiger partial charge in [-0.15, -0.1) is 0 Å². The van der Waals surface area contributed by atoms with Crippen molar-refractivity contribution in [2.24, 2.45) is 0 Å². The summed E-state index contributed by atoms with van der Waals surface area (Å²) in [5, 5.41) is 10.0. The average molecular weight is 257 g/mol. The summed E-state index contributed by atoms with van der Waals surface area (Å²) in [4.78, 5) is 11.0. The van der Waals surface area contributed by atoms with Gasteiger partial charge in [0.25, 0.3) is 0 Å². The Kier molecular flexibility index (Phi) is 3.82. The Morgan fingerprint density at radius 3 is 1.95 bits per heavy atom. The second kappa shape index (κ2) is 5.54. The molecule has 1 N–H and O–H groups in total. The van der Waals surface area contributed by atoms with Crippen molar-refractivity contribution in [3.05, 3.63) is 54.1 Å². The second-order valence-corrected chi connectivity index (χ2v) is 4.24. The molecule has 2 aromatic rings. The molecule has 0 saturated heterocycles. The molecule has 0 bridgehead atoms. The first-order chi connectivity index (χ1) is 9.06. The van der Waals surface area contributed by atoms with Gasteiger partial charge in [-0.05, 0) is 43.3 Å². The quantitative estimate of drug-likeness (QED) is 0.676. The van der Waals surface area contributed by atoms with Crippen LogP contribution in [0.2, 0.25) is 0 Å². The lowest BCUT2D eigenvalue weighted by Crippen LogP contribution is -2.23. The first-order valence-electron chi connectivity index (χ1n) is 5.90. The SMILES string of the molecule is CC(=O)N(O)c1ccc(Oc2ccc(C)cc2)cc1. The summed E-state index contributed by atoms with van der Waals surface area (Å²) in [6.45, 7) is 3.30. The van der Waals surface area contributed by atoms with Crippen LogP contribution in [-0.2, 0) is 4.79 Å². The van der Waals surface area contributed by atoms with E-state index in [9.17, 15) is 10.0 Å². The normalized spacial score (nSPS) is 10.1. The van der Waals surface area contributed by atoms with Gasteiger partial charge in [-0.1, -0.05) is 17.7 Å². The van der Waals surface area contributed by atoms with Crippen molar-refractivity contribution in [2.45, 2.75) is 13.8 Å². The highest BCUT2D eigenvalue weighted by molar-refractivity contribution is 5.88. The lowest BCUT2D eigenvalue weighted by Gasteiger charge is -2.13. The maximum Gasteiger partial charge on any atom is 0.247 e. The van der Waals surface area contributed by atoms with Crippen LogP contribution in [0.1, 0.15) is 12.5 Å². The van der Waals surface area contributed by atoms with Gasteiger partial charge in [-0.3, -0.25) is 10.0 Å². The fourth-order valence-electron chi connectivity index (χ4n) is 1.58. The Hall–Kier alpha value is -2.33. The molecule has 19 heavy (non-hydrogen) atoms. The standard InChI is InChI=1S/C15H15NO3/c1-11-3-7-14(8-4-11)19-15-9-5-13(6-10-15)16(18)12(2)17/h3-10,18H,1-2H3. The van der Waals surface area contributed by atoms with E-state index in [4.69, 9.17) is 4.74 Å². The largest absolute Gasteiger partial charge is 0.457 e. The molecule has 0 heterocycles. The van der Waals surface area contributed by atoms with Gasteiger partial charge in [-0.2, -0.15) is 5.06 Å². The number of benzene rings is 2. The Balaban J connectivity index is 2.10. The molecule has 0 spiro atoms. The number of anilines is 1. The molecule has 1 amide bonds. The van der Waals surface area contributed by atoms with Crippen LogP contribution in [0.15, 0.2) is 48.5 Å². The monoisotopic (exact) mass is 257 g/mol. The van der Waals surface area contributed by atoms with Gasteiger partial charge < -0.3 is 4.74 Å². The molecule has 4 nitrogen and oxygen atoms in total. The first-order valence-corrected chi connectivity index (χ1v) is 5.90. The molecule has 2 rings (SSSR count). The van der Waals surface area contributed by atoms with Crippen molar-refractivity contribution in [1.29, 1.82) is 0 Å². The summed E-state index contributed by atoms with van der Waals surface area (Å²) in [7, 11) is 0.